The number of alkyl halides is 3. The number of nitrogens with one attached hydrogen (secondary N) is 1. The van der Waals surface area contributed by atoms with Gasteiger partial charge in [0, 0.05) is 45.4 Å². The summed E-state index contributed by atoms with van der Waals surface area (Å²) in [6.07, 6.45) is -2.09. The summed E-state index contributed by atoms with van der Waals surface area (Å²) in [7, 11) is 0. The SMILES string of the molecule is O=C(CCN1CCCC1=O)NC(CN1CCCC1=O)c1cccc(C(F)(F)F)c1. The molecule has 2 aliphatic heterocycles. The molecule has 3 rings (SSSR count). The molecule has 2 heterocycles. The van der Waals surface area contributed by atoms with Gasteiger partial charge in [-0.3, -0.25) is 14.4 Å². The molecule has 2 saturated heterocycles. The fourth-order valence-electron chi connectivity index (χ4n) is 3.73. The minimum Gasteiger partial charge on any atom is -0.347 e. The average Bonchev–Trinajstić information content (AvgIpc) is 3.27. The van der Waals surface area contributed by atoms with Crippen LogP contribution in [0.5, 0.6) is 0 Å². The van der Waals surface area contributed by atoms with E-state index >= 15 is 0 Å². The summed E-state index contributed by atoms with van der Waals surface area (Å²) in [6.45, 7) is 1.54. The van der Waals surface area contributed by atoms with Crippen LogP contribution in [0.4, 0.5) is 13.2 Å². The highest BCUT2D eigenvalue weighted by Crippen LogP contribution is 2.31. The molecule has 0 aliphatic carbocycles. The first-order chi connectivity index (χ1) is 13.7. The molecular weight excluding hydrogens is 387 g/mol. The van der Waals surface area contributed by atoms with Gasteiger partial charge in [-0.05, 0) is 30.5 Å². The molecule has 0 spiro atoms. The zero-order valence-corrected chi connectivity index (χ0v) is 16.0. The molecule has 1 unspecified atom stereocenters. The van der Waals surface area contributed by atoms with Gasteiger partial charge in [-0.2, -0.15) is 13.2 Å². The largest absolute Gasteiger partial charge is 0.416 e. The summed E-state index contributed by atoms with van der Waals surface area (Å²) in [4.78, 5) is 39.3. The zero-order chi connectivity index (χ0) is 21.0. The average molecular weight is 411 g/mol. The van der Waals surface area contributed by atoms with Crippen molar-refractivity contribution in [2.75, 3.05) is 26.2 Å². The minimum absolute atomic E-state index is 0.00916. The Labute approximate surface area is 167 Å². The zero-order valence-electron chi connectivity index (χ0n) is 16.0. The molecule has 2 fully saturated rings. The maximum absolute atomic E-state index is 13.1. The van der Waals surface area contributed by atoms with Crippen molar-refractivity contribution < 1.29 is 27.6 Å². The van der Waals surface area contributed by atoms with Crippen LogP contribution < -0.4 is 5.32 Å². The van der Waals surface area contributed by atoms with Crippen molar-refractivity contribution in [2.45, 2.75) is 44.3 Å². The molecule has 1 aromatic carbocycles. The lowest BCUT2D eigenvalue weighted by Crippen LogP contribution is -2.40. The third-order valence-electron chi connectivity index (χ3n) is 5.31. The van der Waals surface area contributed by atoms with E-state index in [4.69, 9.17) is 0 Å². The molecule has 1 aromatic rings. The highest BCUT2D eigenvalue weighted by molar-refractivity contribution is 5.81. The number of carbonyl (C=O) groups excluding carboxylic acids is 3. The summed E-state index contributed by atoms with van der Waals surface area (Å²) in [6, 6.07) is 4.05. The predicted molar refractivity (Wildman–Crippen MR) is 98.6 cm³/mol. The second kappa shape index (κ2) is 8.84. The molecule has 29 heavy (non-hydrogen) atoms. The van der Waals surface area contributed by atoms with Gasteiger partial charge in [0.05, 0.1) is 11.6 Å². The molecule has 0 radical (unpaired) electrons. The van der Waals surface area contributed by atoms with Gasteiger partial charge in [0.25, 0.3) is 0 Å². The summed E-state index contributed by atoms with van der Waals surface area (Å²) in [5.74, 6) is -0.424. The van der Waals surface area contributed by atoms with Crippen molar-refractivity contribution in [1.82, 2.24) is 15.1 Å². The molecule has 1 N–H and O–H groups in total. The number of hydrogen-bond acceptors (Lipinski definition) is 3. The van der Waals surface area contributed by atoms with Crippen molar-refractivity contribution in [3.63, 3.8) is 0 Å². The second-order valence-electron chi connectivity index (χ2n) is 7.42. The highest BCUT2D eigenvalue weighted by atomic mass is 19.4. The van der Waals surface area contributed by atoms with Crippen molar-refractivity contribution in [3.05, 3.63) is 35.4 Å². The molecule has 0 saturated carbocycles. The number of hydrogen-bond donors (Lipinski definition) is 1. The van der Waals surface area contributed by atoms with Crippen LogP contribution >= 0.6 is 0 Å². The molecule has 9 heteroatoms. The van der Waals surface area contributed by atoms with Gasteiger partial charge in [0.15, 0.2) is 0 Å². The maximum atomic E-state index is 13.1. The van der Waals surface area contributed by atoms with Crippen molar-refractivity contribution in [3.8, 4) is 0 Å². The topological polar surface area (TPSA) is 69.7 Å². The smallest absolute Gasteiger partial charge is 0.347 e. The van der Waals surface area contributed by atoms with Crippen LogP contribution in [0.2, 0.25) is 0 Å². The number of amides is 3. The Bertz CT molecular complexity index is 782. The molecule has 158 valence electrons. The van der Waals surface area contributed by atoms with Crippen LogP contribution in [0.25, 0.3) is 0 Å². The van der Waals surface area contributed by atoms with Gasteiger partial charge in [-0.25, -0.2) is 0 Å². The van der Waals surface area contributed by atoms with E-state index in [1.807, 2.05) is 0 Å². The lowest BCUT2D eigenvalue weighted by molar-refractivity contribution is -0.137. The van der Waals surface area contributed by atoms with Crippen LogP contribution in [0.3, 0.4) is 0 Å². The molecule has 0 bridgehead atoms. The fraction of sp³-hybridized carbons (Fsp3) is 0.550. The first kappa shape index (κ1) is 21.1. The van der Waals surface area contributed by atoms with Crippen LogP contribution in [-0.4, -0.2) is 53.7 Å². The summed E-state index contributed by atoms with van der Waals surface area (Å²) in [5, 5.41) is 2.76. The van der Waals surface area contributed by atoms with Crippen LogP contribution in [0.15, 0.2) is 24.3 Å². The number of halogens is 3. The van der Waals surface area contributed by atoms with E-state index in [2.05, 4.69) is 5.32 Å². The summed E-state index contributed by atoms with van der Waals surface area (Å²) in [5.41, 5.74) is -0.505. The Morgan fingerprint density at radius 3 is 2.31 bits per heavy atom. The Kier molecular flexibility index (Phi) is 6.44. The van der Waals surface area contributed by atoms with Crippen molar-refractivity contribution >= 4 is 17.7 Å². The highest BCUT2D eigenvalue weighted by Gasteiger charge is 2.32. The van der Waals surface area contributed by atoms with E-state index in [0.717, 1.165) is 18.6 Å². The van der Waals surface area contributed by atoms with Crippen molar-refractivity contribution in [2.24, 2.45) is 0 Å². The summed E-state index contributed by atoms with van der Waals surface area (Å²) < 4.78 is 39.3. The van der Waals surface area contributed by atoms with Gasteiger partial charge in [0.2, 0.25) is 17.7 Å². The fourth-order valence-corrected chi connectivity index (χ4v) is 3.73. The number of rotatable bonds is 7. The molecule has 6 nitrogen and oxygen atoms in total. The van der Waals surface area contributed by atoms with E-state index in [0.29, 0.717) is 37.9 Å². The monoisotopic (exact) mass is 411 g/mol. The standard InChI is InChI=1S/C20H24F3N3O3/c21-20(22,23)15-5-1-4-14(12-15)16(13-26-10-3-7-19(26)29)24-17(27)8-11-25-9-2-6-18(25)28/h1,4-5,12,16H,2-3,6-11,13H2,(H,24,27). The van der Waals surface area contributed by atoms with Crippen LogP contribution in [0.1, 0.15) is 49.3 Å². The van der Waals surface area contributed by atoms with E-state index in [1.165, 1.54) is 12.1 Å². The lowest BCUT2D eigenvalue weighted by Gasteiger charge is -2.26. The molecule has 2 aliphatic rings. The molecule has 0 aromatic heterocycles. The Morgan fingerprint density at radius 2 is 1.72 bits per heavy atom. The maximum Gasteiger partial charge on any atom is 0.416 e. The predicted octanol–water partition coefficient (Wildman–Crippen LogP) is 2.50. The number of carbonyl (C=O) groups is 3. The van der Waals surface area contributed by atoms with Crippen LogP contribution in [-0.2, 0) is 20.6 Å². The summed E-state index contributed by atoms with van der Waals surface area (Å²) >= 11 is 0. The van der Waals surface area contributed by atoms with Gasteiger partial charge in [0.1, 0.15) is 0 Å². The van der Waals surface area contributed by atoms with Gasteiger partial charge >= 0.3 is 6.18 Å². The first-order valence-electron chi connectivity index (χ1n) is 9.76. The third kappa shape index (κ3) is 5.48. The first-order valence-corrected chi connectivity index (χ1v) is 9.76. The number of benzene rings is 1. The van der Waals surface area contributed by atoms with E-state index < -0.39 is 17.8 Å². The number of nitrogens with zero attached hydrogens (tertiary/aromatic N) is 2. The van der Waals surface area contributed by atoms with Crippen molar-refractivity contribution in [1.29, 1.82) is 0 Å². The molecular formula is C20H24F3N3O3. The molecule has 3 amide bonds. The Balaban J connectivity index is 1.71. The second-order valence-corrected chi connectivity index (χ2v) is 7.42. The minimum atomic E-state index is -4.50. The Hall–Kier alpha value is -2.58. The molecule has 1 atom stereocenters. The lowest BCUT2D eigenvalue weighted by atomic mass is 10.0. The quantitative estimate of drug-likeness (QED) is 0.750. The van der Waals surface area contributed by atoms with Crippen LogP contribution in [0, 0.1) is 0 Å². The van der Waals surface area contributed by atoms with Gasteiger partial charge in [-0.1, -0.05) is 12.1 Å². The van der Waals surface area contributed by atoms with E-state index in [1.54, 1.807) is 9.80 Å². The van der Waals surface area contributed by atoms with Gasteiger partial charge < -0.3 is 15.1 Å². The van der Waals surface area contributed by atoms with Gasteiger partial charge in [-0.15, -0.1) is 0 Å². The Morgan fingerprint density at radius 1 is 1.07 bits per heavy atom. The van der Waals surface area contributed by atoms with E-state index in [-0.39, 0.29) is 37.2 Å². The van der Waals surface area contributed by atoms with E-state index in [9.17, 15) is 27.6 Å². The normalized spacial score (nSPS) is 18.4. The number of likely N-dealkylation sites (tertiary alicyclic amines) is 2. The third-order valence-corrected chi connectivity index (χ3v) is 5.31.